The van der Waals surface area contributed by atoms with Crippen molar-refractivity contribution in [3.8, 4) is 0 Å². The van der Waals surface area contributed by atoms with E-state index in [0.717, 1.165) is 25.7 Å². The number of hydrogen-bond acceptors (Lipinski definition) is 8. The maximum Gasteiger partial charge on any atom is 0.333 e. The first kappa shape index (κ1) is 32.2. The van der Waals surface area contributed by atoms with Crippen LogP contribution in [-0.2, 0) is 19.0 Å². The molecule has 0 aromatic carbocycles. The molecule has 0 aromatic rings. The number of aliphatic hydroxyl groups is 4. The molecule has 3 aliphatic rings. The van der Waals surface area contributed by atoms with E-state index in [2.05, 4.69) is 40.7 Å². The molecule has 8 heteroatoms. The SMILES string of the molecule is C/C=C(/C)C(=O)O[C@@H]1[C@@H](O[C@H]2O[C@@H](C)[C@H](O)[C@@H](O)[C@H]2O)C[C@@]2(C)[C@H](CC[C@H](C)CCO)C(C)=CC[C@@H]2C1(C)C. The average molecular weight is 553 g/mol. The van der Waals surface area contributed by atoms with Gasteiger partial charge in [-0.3, -0.25) is 0 Å². The third-order valence-corrected chi connectivity index (χ3v) is 10.1. The number of carbonyl (C=O) groups is 1. The minimum atomic E-state index is -1.44. The second kappa shape index (κ2) is 12.7. The van der Waals surface area contributed by atoms with Gasteiger partial charge in [-0.1, -0.05) is 51.8 Å². The summed E-state index contributed by atoms with van der Waals surface area (Å²) in [6, 6.07) is 0. The Hall–Kier alpha value is -1.29. The number of esters is 1. The minimum absolute atomic E-state index is 0.185. The molecule has 1 saturated heterocycles. The number of aliphatic hydroxyl groups excluding tert-OH is 4. The molecule has 0 aromatic heterocycles. The Labute approximate surface area is 234 Å². The molecule has 2 fully saturated rings. The highest BCUT2D eigenvalue weighted by Gasteiger charge is 2.61. The van der Waals surface area contributed by atoms with Gasteiger partial charge in [-0.15, -0.1) is 0 Å². The molecule has 2 aliphatic carbocycles. The molecule has 0 unspecified atom stereocenters. The van der Waals surface area contributed by atoms with Crippen LogP contribution < -0.4 is 0 Å². The van der Waals surface area contributed by atoms with Crippen LogP contribution in [0.5, 0.6) is 0 Å². The maximum atomic E-state index is 13.0. The molecular weight excluding hydrogens is 500 g/mol. The van der Waals surface area contributed by atoms with Crippen molar-refractivity contribution in [2.24, 2.45) is 28.6 Å². The van der Waals surface area contributed by atoms with Crippen LogP contribution in [0.4, 0.5) is 0 Å². The highest BCUT2D eigenvalue weighted by molar-refractivity contribution is 5.87. The fourth-order valence-electron chi connectivity index (χ4n) is 7.48. The number of allylic oxidation sites excluding steroid dienone is 3. The van der Waals surface area contributed by atoms with E-state index in [4.69, 9.17) is 14.2 Å². The molecule has 8 nitrogen and oxygen atoms in total. The lowest BCUT2D eigenvalue weighted by Gasteiger charge is -2.61. The van der Waals surface area contributed by atoms with E-state index in [0.29, 0.717) is 17.9 Å². The third-order valence-electron chi connectivity index (χ3n) is 10.1. The van der Waals surface area contributed by atoms with Gasteiger partial charge in [-0.25, -0.2) is 4.79 Å². The minimum Gasteiger partial charge on any atom is -0.456 e. The van der Waals surface area contributed by atoms with E-state index < -0.39 is 54.3 Å². The summed E-state index contributed by atoms with van der Waals surface area (Å²) < 4.78 is 18.5. The normalized spacial score (nSPS) is 41.4. The fourth-order valence-corrected chi connectivity index (χ4v) is 7.48. The fraction of sp³-hybridized carbons (Fsp3) is 0.839. The number of ether oxygens (including phenoxy) is 3. The molecule has 4 N–H and O–H groups in total. The Morgan fingerprint density at radius 1 is 1.18 bits per heavy atom. The van der Waals surface area contributed by atoms with Crippen LogP contribution in [0.25, 0.3) is 0 Å². The van der Waals surface area contributed by atoms with Crippen molar-refractivity contribution in [3.05, 3.63) is 23.3 Å². The first-order valence-electron chi connectivity index (χ1n) is 14.7. The summed E-state index contributed by atoms with van der Waals surface area (Å²) in [5, 5.41) is 40.8. The summed E-state index contributed by atoms with van der Waals surface area (Å²) in [7, 11) is 0. The van der Waals surface area contributed by atoms with Gasteiger partial charge in [0.1, 0.15) is 24.4 Å². The Morgan fingerprint density at radius 2 is 1.85 bits per heavy atom. The Morgan fingerprint density at radius 3 is 2.46 bits per heavy atom. The number of fused-ring (bicyclic) bond motifs is 1. The van der Waals surface area contributed by atoms with Crippen LogP contribution in [0.2, 0.25) is 0 Å². The zero-order chi connectivity index (χ0) is 29.3. The molecule has 0 spiro atoms. The molecule has 1 saturated carbocycles. The summed E-state index contributed by atoms with van der Waals surface area (Å²) in [6.07, 6.45) is 1.04. The topological polar surface area (TPSA) is 126 Å². The van der Waals surface area contributed by atoms with E-state index in [1.165, 1.54) is 5.57 Å². The summed E-state index contributed by atoms with van der Waals surface area (Å²) in [4.78, 5) is 13.0. The predicted octanol–water partition coefficient (Wildman–Crippen LogP) is 3.89. The van der Waals surface area contributed by atoms with Gasteiger partial charge in [0.05, 0.1) is 12.2 Å². The van der Waals surface area contributed by atoms with Gasteiger partial charge in [0.25, 0.3) is 0 Å². The number of rotatable bonds is 9. The lowest BCUT2D eigenvalue weighted by atomic mass is 9.46. The summed E-state index contributed by atoms with van der Waals surface area (Å²) in [6.45, 7) is 16.3. The zero-order valence-corrected chi connectivity index (χ0v) is 25.1. The third kappa shape index (κ3) is 6.47. The van der Waals surface area contributed by atoms with Crippen LogP contribution >= 0.6 is 0 Å². The molecule has 224 valence electrons. The van der Waals surface area contributed by atoms with Crippen molar-refractivity contribution in [1.82, 2.24) is 0 Å². The summed E-state index contributed by atoms with van der Waals surface area (Å²) >= 11 is 0. The molecule has 1 heterocycles. The first-order valence-corrected chi connectivity index (χ1v) is 14.7. The molecule has 0 bridgehead atoms. The van der Waals surface area contributed by atoms with Gasteiger partial charge in [-0.2, -0.15) is 0 Å². The van der Waals surface area contributed by atoms with Gasteiger partial charge in [0.15, 0.2) is 6.29 Å². The maximum absolute atomic E-state index is 13.0. The summed E-state index contributed by atoms with van der Waals surface area (Å²) in [5.41, 5.74) is 1.19. The monoisotopic (exact) mass is 552 g/mol. The predicted molar refractivity (Wildman–Crippen MR) is 148 cm³/mol. The Balaban J connectivity index is 1.99. The molecule has 3 rings (SSSR count). The lowest BCUT2D eigenvalue weighted by Crippen LogP contribution is -2.64. The standard InChI is InChI=1S/C31H52O8/c1-9-18(3)28(36)39-27-22(38-29-26(35)25(34)24(33)20(5)37-29)16-31(8)21(12-10-17(2)14-15-32)19(4)11-13-23(31)30(27,6)7/h9,11,17,20-27,29,32-35H,10,12-16H2,1-8H3/b18-9-/t17-,20-,21+,22-,23+,24-,25+,26+,27+,29+,31-/m0/s1. The summed E-state index contributed by atoms with van der Waals surface area (Å²) in [5.74, 6) is 0.492. The average Bonchev–Trinajstić information content (AvgIpc) is 2.87. The smallest absolute Gasteiger partial charge is 0.333 e. The first-order chi connectivity index (χ1) is 18.2. The van der Waals surface area contributed by atoms with Gasteiger partial charge in [0, 0.05) is 17.6 Å². The zero-order valence-electron chi connectivity index (χ0n) is 25.1. The molecule has 1 aliphatic heterocycles. The van der Waals surface area contributed by atoms with Crippen molar-refractivity contribution in [1.29, 1.82) is 0 Å². The molecular formula is C31H52O8. The van der Waals surface area contributed by atoms with Crippen LogP contribution in [0.3, 0.4) is 0 Å². The van der Waals surface area contributed by atoms with Crippen LogP contribution in [0.1, 0.15) is 87.5 Å². The Kier molecular flexibility index (Phi) is 10.5. The number of carbonyl (C=O) groups excluding carboxylic acids is 1. The van der Waals surface area contributed by atoms with E-state index >= 15 is 0 Å². The van der Waals surface area contributed by atoms with Gasteiger partial charge in [0.2, 0.25) is 0 Å². The van der Waals surface area contributed by atoms with E-state index in [9.17, 15) is 25.2 Å². The molecule has 0 amide bonds. The van der Waals surface area contributed by atoms with Crippen molar-refractivity contribution in [2.75, 3.05) is 6.61 Å². The van der Waals surface area contributed by atoms with Crippen molar-refractivity contribution in [3.63, 3.8) is 0 Å². The highest BCUT2D eigenvalue weighted by atomic mass is 16.7. The molecule has 11 atom stereocenters. The molecule has 0 radical (unpaired) electrons. The van der Waals surface area contributed by atoms with Crippen LogP contribution in [0.15, 0.2) is 23.3 Å². The number of hydrogen-bond donors (Lipinski definition) is 4. The largest absolute Gasteiger partial charge is 0.456 e. The van der Waals surface area contributed by atoms with E-state index in [1.807, 2.05) is 0 Å². The van der Waals surface area contributed by atoms with Gasteiger partial charge >= 0.3 is 5.97 Å². The second-order valence-electron chi connectivity index (χ2n) is 13.2. The van der Waals surface area contributed by atoms with Crippen molar-refractivity contribution >= 4 is 5.97 Å². The van der Waals surface area contributed by atoms with E-state index in [1.54, 1.807) is 26.8 Å². The Bertz CT molecular complexity index is 912. The highest BCUT2D eigenvalue weighted by Crippen LogP contribution is 2.62. The van der Waals surface area contributed by atoms with Gasteiger partial charge < -0.3 is 34.6 Å². The second-order valence-corrected chi connectivity index (χ2v) is 13.2. The molecule has 39 heavy (non-hydrogen) atoms. The van der Waals surface area contributed by atoms with Crippen molar-refractivity contribution in [2.45, 2.75) is 130 Å². The van der Waals surface area contributed by atoms with Crippen molar-refractivity contribution < 1.29 is 39.4 Å². The van der Waals surface area contributed by atoms with E-state index in [-0.39, 0.29) is 23.9 Å². The van der Waals surface area contributed by atoms with Gasteiger partial charge in [-0.05, 0) is 76.5 Å². The van der Waals surface area contributed by atoms with Crippen LogP contribution in [-0.4, -0.2) is 75.9 Å². The lowest BCUT2D eigenvalue weighted by molar-refractivity contribution is -0.325. The quantitative estimate of drug-likeness (QED) is 0.193. The van der Waals surface area contributed by atoms with Crippen LogP contribution in [0, 0.1) is 28.6 Å².